The molecule has 0 saturated carbocycles. The van der Waals surface area contributed by atoms with Gasteiger partial charge in [0.25, 0.3) is 5.91 Å². The summed E-state index contributed by atoms with van der Waals surface area (Å²) in [6.45, 7) is 1.89. The molecule has 0 saturated heterocycles. The van der Waals surface area contributed by atoms with E-state index in [1.807, 2.05) is 61.5 Å². The number of carbonyl (C=O) groups is 1. The quantitative estimate of drug-likeness (QED) is 0.527. The number of thiazole rings is 1. The van der Waals surface area contributed by atoms with Crippen molar-refractivity contribution in [1.82, 2.24) is 10.3 Å². The average molecular weight is 378 g/mol. The maximum atomic E-state index is 12.6. The van der Waals surface area contributed by atoms with Crippen LogP contribution in [0.2, 0.25) is 0 Å². The van der Waals surface area contributed by atoms with Crippen LogP contribution in [-0.4, -0.2) is 18.0 Å². The molecule has 1 N–H and O–H groups in total. The maximum absolute atomic E-state index is 12.6. The molecule has 0 aliphatic rings. The second-order valence-corrected chi connectivity index (χ2v) is 7.15. The molecule has 4 rings (SSSR count). The summed E-state index contributed by atoms with van der Waals surface area (Å²) in [7, 11) is 1.61. The van der Waals surface area contributed by atoms with Crippen LogP contribution in [0.5, 0.6) is 5.75 Å². The van der Waals surface area contributed by atoms with Crippen LogP contribution >= 0.6 is 11.3 Å². The van der Waals surface area contributed by atoms with Crippen LogP contribution in [-0.2, 0) is 0 Å². The highest BCUT2D eigenvalue weighted by atomic mass is 32.1. The van der Waals surface area contributed by atoms with E-state index in [0.29, 0.717) is 22.0 Å². The lowest BCUT2D eigenvalue weighted by Crippen LogP contribution is -2.25. The predicted octanol–water partition coefficient (Wildman–Crippen LogP) is 5.06. The maximum Gasteiger partial charge on any atom is 0.263 e. The van der Waals surface area contributed by atoms with Crippen LogP contribution in [0.15, 0.2) is 65.2 Å². The molecule has 0 fully saturated rings. The van der Waals surface area contributed by atoms with Gasteiger partial charge in [0.15, 0.2) is 11.3 Å². The number of amides is 1. The van der Waals surface area contributed by atoms with Gasteiger partial charge in [0.05, 0.1) is 19.3 Å². The second-order valence-electron chi connectivity index (χ2n) is 6.12. The number of nitrogens with one attached hydrogen (secondary N) is 1. The minimum atomic E-state index is -0.281. The van der Waals surface area contributed by atoms with Crippen molar-refractivity contribution < 1.29 is 13.9 Å². The third kappa shape index (κ3) is 3.44. The summed E-state index contributed by atoms with van der Waals surface area (Å²) >= 11 is 1.37. The zero-order valence-electron chi connectivity index (χ0n) is 14.9. The van der Waals surface area contributed by atoms with Crippen molar-refractivity contribution in [2.24, 2.45) is 0 Å². The van der Waals surface area contributed by atoms with Crippen LogP contribution in [0.4, 0.5) is 0 Å². The van der Waals surface area contributed by atoms with Crippen molar-refractivity contribution in [3.05, 3.63) is 71.4 Å². The van der Waals surface area contributed by atoms with E-state index in [9.17, 15) is 4.79 Å². The summed E-state index contributed by atoms with van der Waals surface area (Å²) in [5.41, 5.74) is 1.68. The number of hydrogen-bond donors (Lipinski definition) is 1. The number of hydrogen-bond acceptors (Lipinski definition) is 5. The van der Waals surface area contributed by atoms with Crippen molar-refractivity contribution in [3.8, 4) is 16.3 Å². The Labute approximate surface area is 160 Å². The molecule has 5 nitrogen and oxygen atoms in total. The summed E-state index contributed by atoms with van der Waals surface area (Å²) in [6, 6.07) is 17.2. The molecule has 0 aliphatic heterocycles. The normalized spacial score (nSPS) is 12.1. The third-order valence-electron chi connectivity index (χ3n) is 4.27. The average Bonchev–Trinajstić information content (AvgIpc) is 3.35. The second kappa shape index (κ2) is 7.25. The molecule has 0 bridgehead atoms. The minimum absolute atomic E-state index is 0.172. The van der Waals surface area contributed by atoms with Gasteiger partial charge >= 0.3 is 0 Å². The zero-order chi connectivity index (χ0) is 18.8. The Balaban J connectivity index is 1.52. The van der Waals surface area contributed by atoms with E-state index < -0.39 is 0 Å². The van der Waals surface area contributed by atoms with Crippen LogP contribution < -0.4 is 10.1 Å². The minimum Gasteiger partial charge on any atom is -0.493 e. The predicted molar refractivity (Wildman–Crippen MR) is 106 cm³/mol. The number of methoxy groups -OCH3 is 1. The highest BCUT2D eigenvalue weighted by Gasteiger charge is 2.18. The van der Waals surface area contributed by atoms with Gasteiger partial charge in [-0.2, -0.15) is 0 Å². The van der Waals surface area contributed by atoms with Crippen molar-refractivity contribution in [2.45, 2.75) is 13.0 Å². The van der Waals surface area contributed by atoms with Gasteiger partial charge in [-0.3, -0.25) is 4.79 Å². The van der Waals surface area contributed by atoms with E-state index in [2.05, 4.69) is 10.3 Å². The Morgan fingerprint density at radius 1 is 1.19 bits per heavy atom. The molecule has 0 radical (unpaired) electrons. The van der Waals surface area contributed by atoms with E-state index in [0.717, 1.165) is 16.0 Å². The first kappa shape index (κ1) is 17.3. The number of fused-ring (bicyclic) bond motifs is 1. The Kier molecular flexibility index (Phi) is 4.64. The summed E-state index contributed by atoms with van der Waals surface area (Å²) in [5, 5.41) is 4.73. The van der Waals surface area contributed by atoms with Gasteiger partial charge in [0, 0.05) is 10.9 Å². The molecule has 4 aromatic rings. The van der Waals surface area contributed by atoms with Crippen LogP contribution in [0.1, 0.15) is 28.4 Å². The number of aromatic nitrogens is 1. The molecule has 0 spiro atoms. The van der Waals surface area contributed by atoms with Gasteiger partial charge in [-0.05, 0) is 19.1 Å². The first-order chi connectivity index (χ1) is 13.2. The molecule has 1 amide bonds. The van der Waals surface area contributed by atoms with Crippen molar-refractivity contribution >= 4 is 28.2 Å². The molecular formula is C21H18N2O3S. The number of para-hydroxylation sites is 1. The fraction of sp³-hybridized carbons (Fsp3) is 0.143. The molecule has 1 unspecified atom stereocenters. The molecule has 27 heavy (non-hydrogen) atoms. The molecule has 2 heterocycles. The Hall–Kier alpha value is -3.12. The topological polar surface area (TPSA) is 64.4 Å². The number of ether oxygens (including phenoxy) is 1. The lowest BCUT2D eigenvalue weighted by molar-refractivity contribution is 0.0939. The lowest BCUT2D eigenvalue weighted by Gasteiger charge is -2.10. The van der Waals surface area contributed by atoms with Crippen LogP contribution in [0.3, 0.4) is 0 Å². The molecule has 1 atom stereocenters. The van der Waals surface area contributed by atoms with Crippen molar-refractivity contribution in [3.63, 3.8) is 0 Å². The van der Waals surface area contributed by atoms with Crippen molar-refractivity contribution in [2.75, 3.05) is 7.11 Å². The smallest absolute Gasteiger partial charge is 0.263 e. The number of furan rings is 1. The van der Waals surface area contributed by atoms with Crippen LogP contribution in [0.25, 0.3) is 21.5 Å². The molecule has 6 heteroatoms. The summed E-state index contributed by atoms with van der Waals surface area (Å²) in [4.78, 5) is 17.5. The van der Waals surface area contributed by atoms with Crippen LogP contribution in [0, 0.1) is 0 Å². The standard InChI is InChI=1S/C21H18N2O3S/c1-13(17-11-15-9-6-10-16(25-2)19(15)26-17)23-20(24)18-12-22-21(27-18)14-7-4-3-5-8-14/h3-13H,1-2H3,(H,23,24). The van der Waals surface area contributed by atoms with Gasteiger partial charge < -0.3 is 14.5 Å². The van der Waals surface area contributed by atoms with Gasteiger partial charge in [0.1, 0.15) is 15.6 Å². The van der Waals surface area contributed by atoms with E-state index in [-0.39, 0.29) is 11.9 Å². The van der Waals surface area contributed by atoms with Gasteiger partial charge in [-0.1, -0.05) is 42.5 Å². The van der Waals surface area contributed by atoms with E-state index >= 15 is 0 Å². The SMILES string of the molecule is COc1cccc2cc(C(C)NC(=O)c3cnc(-c4ccccc4)s3)oc12. The zero-order valence-corrected chi connectivity index (χ0v) is 15.7. The number of carbonyl (C=O) groups excluding carboxylic acids is 1. The molecule has 2 aromatic carbocycles. The van der Waals surface area contributed by atoms with Gasteiger partial charge in [0.2, 0.25) is 0 Å². The number of benzene rings is 2. The Bertz CT molecular complexity index is 1090. The van der Waals surface area contributed by atoms with E-state index in [1.54, 1.807) is 13.3 Å². The van der Waals surface area contributed by atoms with E-state index in [1.165, 1.54) is 11.3 Å². The van der Waals surface area contributed by atoms with Gasteiger partial charge in [-0.25, -0.2) is 4.98 Å². The molecule has 0 aliphatic carbocycles. The highest BCUT2D eigenvalue weighted by molar-refractivity contribution is 7.16. The molecule has 136 valence electrons. The number of rotatable bonds is 5. The third-order valence-corrected chi connectivity index (χ3v) is 5.32. The highest BCUT2D eigenvalue weighted by Crippen LogP contribution is 2.31. The Morgan fingerprint density at radius 2 is 2.00 bits per heavy atom. The molecule has 2 aromatic heterocycles. The van der Waals surface area contributed by atoms with E-state index in [4.69, 9.17) is 9.15 Å². The first-order valence-corrected chi connectivity index (χ1v) is 9.36. The fourth-order valence-corrected chi connectivity index (χ4v) is 3.69. The summed E-state index contributed by atoms with van der Waals surface area (Å²) < 4.78 is 11.2. The first-order valence-electron chi connectivity index (χ1n) is 8.54. The lowest BCUT2D eigenvalue weighted by atomic mass is 10.2. The fourth-order valence-electron chi connectivity index (χ4n) is 2.86. The molecular weight excluding hydrogens is 360 g/mol. The summed E-state index contributed by atoms with van der Waals surface area (Å²) in [5.74, 6) is 1.18. The van der Waals surface area contributed by atoms with Crippen molar-refractivity contribution in [1.29, 1.82) is 0 Å². The largest absolute Gasteiger partial charge is 0.493 e. The van der Waals surface area contributed by atoms with Gasteiger partial charge in [-0.15, -0.1) is 11.3 Å². The monoisotopic (exact) mass is 378 g/mol. The Morgan fingerprint density at radius 3 is 2.78 bits per heavy atom. The summed E-state index contributed by atoms with van der Waals surface area (Å²) in [6.07, 6.45) is 1.61. The number of nitrogens with zero attached hydrogens (tertiary/aromatic N) is 1.